The van der Waals surface area contributed by atoms with Crippen molar-refractivity contribution in [2.45, 2.75) is 45.4 Å². The van der Waals surface area contributed by atoms with Crippen LogP contribution in [0.1, 0.15) is 45.4 Å². The van der Waals surface area contributed by atoms with Gasteiger partial charge < -0.3 is 0 Å². The van der Waals surface area contributed by atoms with Gasteiger partial charge >= 0.3 is 0 Å². The van der Waals surface area contributed by atoms with E-state index < -0.39 is 0 Å². The molecular formula is C11H19. The van der Waals surface area contributed by atoms with Crippen LogP contribution in [-0.4, -0.2) is 0 Å². The molecule has 0 heteroatoms. The summed E-state index contributed by atoms with van der Waals surface area (Å²) in [5.41, 5.74) is 0. The summed E-state index contributed by atoms with van der Waals surface area (Å²) in [6.07, 6.45) is 13.7. The van der Waals surface area contributed by atoms with Gasteiger partial charge in [-0.1, -0.05) is 37.6 Å². The van der Waals surface area contributed by atoms with Crippen molar-refractivity contribution in [1.82, 2.24) is 0 Å². The topological polar surface area (TPSA) is 0 Å². The van der Waals surface area contributed by atoms with Crippen molar-refractivity contribution in [3.05, 3.63) is 24.8 Å². The second-order valence-corrected chi connectivity index (χ2v) is 2.80. The first-order valence-electron chi connectivity index (χ1n) is 4.56. The lowest BCUT2D eigenvalue weighted by Gasteiger charge is -1.95. The highest BCUT2D eigenvalue weighted by molar-refractivity contribution is 4.76. The fraction of sp³-hybridized carbons (Fsp3) is 0.636. The quantitative estimate of drug-likeness (QED) is 0.382. The number of unbranched alkanes of at least 4 members (excludes halogenated alkanes) is 5. The molecule has 63 valence electrons. The van der Waals surface area contributed by atoms with Gasteiger partial charge in [-0.2, -0.15) is 0 Å². The molecule has 0 bridgehead atoms. The fourth-order valence-corrected chi connectivity index (χ4v) is 1.04. The summed E-state index contributed by atoms with van der Waals surface area (Å²) in [4.78, 5) is 0. The van der Waals surface area contributed by atoms with E-state index in [1.54, 1.807) is 6.08 Å². The Hall–Kier alpha value is -0.520. The predicted molar refractivity (Wildman–Crippen MR) is 51.4 cm³/mol. The van der Waals surface area contributed by atoms with Crippen molar-refractivity contribution in [2.75, 3.05) is 0 Å². The monoisotopic (exact) mass is 151 g/mol. The van der Waals surface area contributed by atoms with Gasteiger partial charge in [0, 0.05) is 0 Å². The average molecular weight is 151 g/mol. The van der Waals surface area contributed by atoms with E-state index in [0.717, 1.165) is 6.42 Å². The normalized spacial score (nSPS) is 10.6. The number of hydrogen-bond donors (Lipinski definition) is 0. The van der Waals surface area contributed by atoms with Crippen molar-refractivity contribution in [1.29, 1.82) is 0 Å². The van der Waals surface area contributed by atoms with Crippen LogP contribution in [0, 0.1) is 6.58 Å². The first-order valence-corrected chi connectivity index (χ1v) is 4.56. The molecule has 0 saturated carbocycles. The van der Waals surface area contributed by atoms with Gasteiger partial charge in [-0.15, -0.1) is 0 Å². The Balaban J connectivity index is 2.84. The Morgan fingerprint density at radius 2 is 1.64 bits per heavy atom. The molecule has 0 N–H and O–H groups in total. The van der Waals surface area contributed by atoms with Gasteiger partial charge in [0.2, 0.25) is 0 Å². The van der Waals surface area contributed by atoms with Crippen LogP contribution in [0.4, 0.5) is 0 Å². The van der Waals surface area contributed by atoms with E-state index in [2.05, 4.69) is 19.1 Å². The molecule has 1 radical (unpaired) electrons. The average Bonchev–Trinajstić information content (AvgIpc) is 2.03. The van der Waals surface area contributed by atoms with Gasteiger partial charge in [-0.05, 0) is 32.6 Å². The summed E-state index contributed by atoms with van der Waals surface area (Å²) >= 11 is 0. The molecule has 0 nitrogen and oxygen atoms in total. The van der Waals surface area contributed by atoms with E-state index in [0.29, 0.717) is 0 Å². The number of allylic oxidation sites excluding steroid dienone is 3. The maximum absolute atomic E-state index is 5.25. The molecule has 0 aromatic carbocycles. The zero-order chi connectivity index (χ0) is 8.36. The first kappa shape index (κ1) is 10.5. The summed E-state index contributed by atoms with van der Waals surface area (Å²) < 4.78 is 0. The highest BCUT2D eigenvalue weighted by Gasteiger charge is 1.85. The van der Waals surface area contributed by atoms with Crippen LogP contribution < -0.4 is 0 Å². The molecule has 0 fully saturated rings. The lowest BCUT2D eigenvalue weighted by atomic mass is 10.1. The lowest BCUT2D eigenvalue weighted by Crippen LogP contribution is -1.75. The van der Waals surface area contributed by atoms with Gasteiger partial charge in [-0.3, -0.25) is 0 Å². The molecule has 0 aliphatic rings. The Bertz CT molecular complexity index is 101. The van der Waals surface area contributed by atoms with E-state index in [1.807, 2.05) is 0 Å². The molecule has 0 aromatic rings. The van der Waals surface area contributed by atoms with Gasteiger partial charge in [0.25, 0.3) is 0 Å². The van der Waals surface area contributed by atoms with E-state index in [9.17, 15) is 0 Å². The van der Waals surface area contributed by atoms with Crippen LogP contribution in [0.25, 0.3) is 0 Å². The van der Waals surface area contributed by atoms with Crippen molar-refractivity contribution in [2.24, 2.45) is 0 Å². The highest BCUT2D eigenvalue weighted by atomic mass is 13.9. The van der Waals surface area contributed by atoms with Crippen molar-refractivity contribution >= 4 is 0 Å². The van der Waals surface area contributed by atoms with E-state index in [4.69, 9.17) is 6.58 Å². The summed E-state index contributed by atoms with van der Waals surface area (Å²) in [7, 11) is 0. The summed E-state index contributed by atoms with van der Waals surface area (Å²) in [5.74, 6) is 0. The number of hydrogen-bond acceptors (Lipinski definition) is 0. The Morgan fingerprint density at radius 3 is 2.18 bits per heavy atom. The molecule has 0 aromatic heterocycles. The van der Waals surface area contributed by atoms with Crippen LogP contribution in [-0.2, 0) is 0 Å². The molecule has 0 aliphatic heterocycles. The van der Waals surface area contributed by atoms with Crippen LogP contribution in [0.5, 0.6) is 0 Å². The van der Waals surface area contributed by atoms with Crippen molar-refractivity contribution in [3.63, 3.8) is 0 Å². The Labute approximate surface area is 71.0 Å². The molecular weight excluding hydrogens is 132 g/mol. The third kappa shape index (κ3) is 9.48. The van der Waals surface area contributed by atoms with Crippen molar-refractivity contribution < 1.29 is 0 Å². The minimum atomic E-state index is 1.07. The van der Waals surface area contributed by atoms with Crippen molar-refractivity contribution in [3.8, 4) is 0 Å². The largest absolute Gasteiger partial charge is 0.0917 e. The van der Waals surface area contributed by atoms with Gasteiger partial charge in [0.15, 0.2) is 0 Å². The van der Waals surface area contributed by atoms with Gasteiger partial charge in [0.05, 0.1) is 0 Å². The van der Waals surface area contributed by atoms with Crippen LogP contribution in [0.15, 0.2) is 18.2 Å². The van der Waals surface area contributed by atoms with Crippen LogP contribution in [0.3, 0.4) is 0 Å². The minimum absolute atomic E-state index is 1.07. The number of rotatable bonds is 7. The lowest BCUT2D eigenvalue weighted by molar-refractivity contribution is 0.652. The second kappa shape index (κ2) is 9.48. The Morgan fingerprint density at radius 1 is 1.00 bits per heavy atom. The van der Waals surface area contributed by atoms with Crippen LogP contribution >= 0.6 is 0 Å². The van der Waals surface area contributed by atoms with Crippen LogP contribution in [0.2, 0.25) is 0 Å². The van der Waals surface area contributed by atoms with E-state index in [1.165, 1.54) is 32.1 Å². The molecule has 0 amide bonds. The summed E-state index contributed by atoms with van der Waals surface area (Å²) in [6, 6.07) is 0. The maximum atomic E-state index is 5.25. The molecule has 0 aliphatic carbocycles. The first-order chi connectivity index (χ1) is 5.41. The van der Waals surface area contributed by atoms with E-state index in [-0.39, 0.29) is 0 Å². The minimum Gasteiger partial charge on any atom is -0.0917 e. The van der Waals surface area contributed by atoms with Gasteiger partial charge in [-0.25, -0.2) is 0 Å². The second-order valence-electron chi connectivity index (χ2n) is 2.80. The third-order valence-corrected chi connectivity index (χ3v) is 1.73. The standard InChI is InChI=1S/C11H19/c1-3-5-7-9-11-10-8-6-4-2/h1,3-4,6H,5,7-11H2,2H3/b3-1?,6-4+. The zero-order valence-corrected chi connectivity index (χ0v) is 7.55. The third-order valence-electron chi connectivity index (χ3n) is 1.73. The van der Waals surface area contributed by atoms with E-state index >= 15 is 0 Å². The summed E-state index contributed by atoms with van der Waals surface area (Å²) in [6.45, 7) is 7.33. The summed E-state index contributed by atoms with van der Waals surface area (Å²) in [5, 5.41) is 0. The molecule has 0 rings (SSSR count). The Kier molecular flexibility index (Phi) is 9.03. The molecule has 0 saturated heterocycles. The molecule has 11 heavy (non-hydrogen) atoms. The molecule has 0 spiro atoms. The predicted octanol–water partition coefficient (Wildman–Crippen LogP) is 3.89. The molecule has 0 unspecified atom stereocenters. The fourth-order valence-electron chi connectivity index (χ4n) is 1.04. The molecule has 0 atom stereocenters. The highest BCUT2D eigenvalue weighted by Crippen LogP contribution is 2.05. The molecule has 0 heterocycles. The SMILES string of the molecule is [CH]=CCCCCCC/C=C/C. The smallest absolute Gasteiger partial charge is 0.0348 e. The van der Waals surface area contributed by atoms with Gasteiger partial charge in [0.1, 0.15) is 0 Å². The zero-order valence-electron chi connectivity index (χ0n) is 7.55. The maximum Gasteiger partial charge on any atom is -0.0348 e.